The zero-order valence-corrected chi connectivity index (χ0v) is 29.6. The second kappa shape index (κ2) is 14.6. The number of carbonyl (C=O) groups excluding carboxylic acids is 6. The Morgan fingerprint density at radius 2 is 1.65 bits per heavy atom. The van der Waals surface area contributed by atoms with Gasteiger partial charge in [0.2, 0.25) is 17.6 Å². The lowest BCUT2D eigenvalue weighted by atomic mass is 9.85. The van der Waals surface area contributed by atoms with E-state index in [2.05, 4.69) is 27.8 Å². The molecule has 2 aliphatic heterocycles. The molecule has 1 saturated carbocycles. The molecule has 0 spiro atoms. The molecule has 0 aromatic carbocycles. The maximum absolute atomic E-state index is 14.3. The normalized spacial score (nSPS) is 23.4. The topological polar surface area (TPSA) is 166 Å². The fourth-order valence-corrected chi connectivity index (χ4v) is 6.55. The molecular weight excluding hydrogens is 649 g/mol. The Bertz CT molecular complexity index is 1320. The highest BCUT2D eigenvalue weighted by Gasteiger charge is 2.70. The van der Waals surface area contributed by atoms with Gasteiger partial charge < -0.3 is 35.8 Å². The van der Waals surface area contributed by atoms with Crippen LogP contribution in [-0.4, -0.2) is 109 Å². The number of fused-ring (bicyclic) bond motifs is 1. The largest absolute Gasteiger partial charge is 0.448 e. The maximum Gasteiger partial charge on any atom is 0.410 e. The van der Waals surface area contributed by atoms with E-state index in [-0.39, 0.29) is 43.5 Å². The molecule has 4 N–H and O–H groups in total. The molecule has 0 aromatic rings. The number of hydrogen-bond acceptors (Lipinski definition) is 7. The number of halogens is 3. The molecule has 3 fully saturated rings. The summed E-state index contributed by atoms with van der Waals surface area (Å²) in [6.07, 6.45) is -6.15. The minimum atomic E-state index is -4.66. The van der Waals surface area contributed by atoms with Crippen LogP contribution in [0.4, 0.5) is 22.8 Å². The number of ether oxygens (including phenoxy) is 1. The molecule has 2 saturated heterocycles. The van der Waals surface area contributed by atoms with E-state index in [1.807, 2.05) is 34.6 Å². The van der Waals surface area contributed by atoms with E-state index in [9.17, 15) is 41.9 Å². The third kappa shape index (κ3) is 9.65. The van der Waals surface area contributed by atoms with Gasteiger partial charge in [-0.1, -0.05) is 61.5 Å². The Kier molecular flexibility index (Phi) is 11.8. The van der Waals surface area contributed by atoms with Crippen molar-refractivity contribution in [2.24, 2.45) is 28.1 Å². The number of piperidine rings is 1. The molecule has 0 radical (unpaired) electrons. The Morgan fingerprint density at radius 1 is 1.02 bits per heavy atom. The molecule has 13 nitrogen and oxygen atoms in total. The predicted molar refractivity (Wildman–Crippen MR) is 173 cm³/mol. The SMILES string of the molecule is C=CCNC(=O)C(=O)C(CCC(F)(F)F)NC(=O)[C@@H]1[C@@H]2[C@H](CN1C(=O)[C@@H](NC(=O)N[C@H](CN1CCOC1=O)C(C)(C)C)C(C)(C)C)C2(C)C. The number of ketones is 1. The van der Waals surface area contributed by atoms with Crippen LogP contribution in [0.3, 0.4) is 0 Å². The first kappa shape index (κ1) is 39.6. The fraction of sp³-hybridized carbons (Fsp3) is 0.758. The number of urea groups is 1. The van der Waals surface area contributed by atoms with Crippen molar-refractivity contribution in [3.05, 3.63) is 12.7 Å². The molecule has 276 valence electrons. The van der Waals surface area contributed by atoms with Crippen LogP contribution in [0.15, 0.2) is 12.7 Å². The maximum atomic E-state index is 14.3. The summed E-state index contributed by atoms with van der Waals surface area (Å²) in [6, 6.07) is -5.30. The molecule has 1 unspecified atom stereocenters. The van der Waals surface area contributed by atoms with Crippen molar-refractivity contribution < 1.29 is 46.7 Å². The number of rotatable bonds is 13. The smallest absolute Gasteiger partial charge is 0.410 e. The highest BCUT2D eigenvalue weighted by molar-refractivity contribution is 6.38. The van der Waals surface area contributed by atoms with E-state index in [0.29, 0.717) is 6.54 Å². The number of hydrogen-bond donors (Lipinski definition) is 4. The average molecular weight is 701 g/mol. The Hall–Kier alpha value is -3.85. The van der Waals surface area contributed by atoms with Gasteiger partial charge in [0.15, 0.2) is 0 Å². The highest BCUT2D eigenvalue weighted by Crippen LogP contribution is 2.65. The zero-order valence-electron chi connectivity index (χ0n) is 29.6. The Labute approximate surface area is 285 Å². The van der Waals surface area contributed by atoms with Crippen molar-refractivity contribution in [2.75, 3.05) is 32.8 Å². The number of likely N-dealkylation sites (tertiary alicyclic amines) is 1. The van der Waals surface area contributed by atoms with E-state index in [1.165, 1.54) is 15.9 Å². The molecule has 0 bridgehead atoms. The summed E-state index contributed by atoms with van der Waals surface area (Å²) in [6.45, 7) is 19.0. The molecule has 49 heavy (non-hydrogen) atoms. The molecule has 16 heteroatoms. The Balaban J connectivity index is 1.84. The summed E-state index contributed by atoms with van der Waals surface area (Å²) in [4.78, 5) is 81.8. The van der Waals surface area contributed by atoms with Crippen molar-refractivity contribution in [3.63, 3.8) is 0 Å². The second-order valence-electron chi connectivity index (χ2n) is 15.9. The minimum Gasteiger partial charge on any atom is -0.448 e. The van der Waals surface area contributed by atoms with Gasteiger partial charge in [-0.2, -0.15) is 13.2 Å². The van der Waals surface area contributed by atoms with E-state index in [0.717, 1.165) is 0 Å². The number of carbonyl (C=O) groups is 6. The number of nitrogens with one attached hydrogen (secondary N) is 4. The van der Waals surface area contributed by atoms with Gasteiger partial charge in [0.1, 0.15) is 18.7 Å². The van der Waals surface area contributed by atoms with Gasteiger partial charge in [0.25, 0.3) is 5.91 Å². The summed E-state index contributed by atoms with van der Waals surface area (Å²) >= 11 is 0. The molecule has 3 rings (SSSR count). The summed E-state index contributed by atoms with van der Waals surface area (Å²) in [5.41, 5.74) is -1.73. The molecule has 3 aliphatic rings. The average Bonchev–Trinajstić information content (AvgIpc) is 3.31. The van der Waals surface area contributed by atoms with Gasteiger partial charge in [0, 0.05) is 26.1 Å². The van der Waals surface area contributed by atoms with Crippen LogP contribution >= 0.6 is 0 Å². The van der Waals surface area contributed by atoms with Crippen molar-refractivity contribution in [1.82, 2.24) is 31.1 Å². The van der Waals surface area contributed by atoms with Gasteiger partial charge in [0.05, 0.1) is 18.6 Å². The first-order chi connectivity index (χ1) is 22.4. The highest BCUT2D eigenvalue weighted by atomic mass is 19.4. The van der Waals surface area contributed by atoms with Crippen LogP contribution < -0.4 is 21.3 Å². The second-order valence-corrected chi connectivity index (χ2v) is 15.9. The van der Waals surface area contributed by atoms with E-state index in [1.54, 1.807) is 20.8 Å². The van der Waals surface area contributed by atoms with Crippen LogP contribution in [-0.2, 0) is 23.9 Å². The van der Waals surface area contributed by atoms with Crippen molar-refractivity contribution in [2.45, 2.75) is 98.6 Å². The third-order valence-corrected chi connectivity index (χ3v) is 9.73. The molecule has 6 amide bonds. The van der Waals surface area contributed by atoms with Crippen LogP contribution in [0, 0.1) is 28.1 Å². The van der Waals surface area contributed by atoms with Crippen LogP contribution in [0.25, 0.3) is 0 Å². The first-order valence-corrected chi connectivity index (χ1v) is 16.5. The Morgan fingerprint density at radius 3 is 2.16 bits per heavy atom. The first-order valence-electron chi connectivity index (χ1n) is 16.5. The predicted octanol–water partition coefficient (Wildman–Crippen LogP) is 2.75. The van der Waals surface area contributed by atoms with Crippen molar-refractivity contribution in [3.8, 4) is 0 Å². The van der Waals surface area contributed by atoms with Crippen LogP contribution in [0.2, 0.25) is 0 Å². The lowest BCUT2D eigenvalue weighted by Crippen LogP contribution is -2.62. The molecule has 6 atom stereocenters. The zero-order chi connectivity index (χ0) is 37.3. The van der Waals surface area contributed by atoms with Gasteiger partial charge in [-0.3, -0.25) is 19.2 Å². The third-order valence-electron chi connectivity index (χ3n) is 9.73. The van der Waals surface area contributed by atoms with Crippen molar-refractivity contribution >= 4 is 35.6 Å². The van der Waals surface area contributed by atoms with Gasteiger partial charge in [-0.05, 0) is 34.5 Å². The molecule has 2 heterocycles. The number of cyclic esters (lactones) is 1. The van der Waals surface area contributed by atoms with E-state index < -0.39 is 89.6 Å². The van der Waals surface area contributed by atoms with E-state index in [4.69, 9.17) is 4.74 Å². The van der Waals surface area contributed by atoms with Gasteiger partial charge >= 0.3 is 18.3 Å². The summed E-state index contributed by atoms with van der Waals surface area (Å²) < 4.78 is 44.5. The minimum absolute atomic E-state index is 0.108. The quantitative estimate of drug-likeness (QED) is 0.169. The number of alkyl halides is 3. The number of Topliss-reactive ketones (excluding diaryl/α,β-unsaturated/α-hetero) is 1. The standard InChI is InChI=1S/C33H51F3N6O7/c1-10-13-37-26(45)23(43)19(11-12-33(34,35)36)38-25(44)22-21-18(32(21,8)9)16-42(22)27(46)24(31(5,6)7)40-28(47)39-20(30(2,3)4)17-41-14-15-49-29(41)48/h10,18-22,24H,1,11-17H2,2-9H3,(H,37,45)(H,38,44)(H2,39,40,47)/t18-,19?,20+,21-,22-,24+/m0/s1. The molecular formula is C33H51F3N6O7. The molecule has 0 aromatic heterocycles. The van der Waals surface area contributed by atoms with E-state index >= 15 is 0 Å². The summed E-state index contributed by atoms with van der Waals surface area (Å²) in [7, 11) is 0. The van der Waals surface area contributed by atoms with Gasteiger partial charge in [-0.25, -0.2) is 9.59 Å². The lowest BCUT2D eigenvalue weighted by Gasteiger charge is -2.39. The number of amides is 6. The molecule has 1 aliphatic carbocycles. The van der Waals surface area contributed by atoms with Crippen molar-refractivity contribution in [1.29, 1.82) is 0 Å². The van der Waals surface area contributed by atoms with Gasteiger partial charge in [-0.15, -0.1) is 6.58 Å². The van der Waals surface area contributed by atoms with Crippen LogP contribution in [0.5, 0.6) is 0 Å². The lowest BCUT2D eigenvalue weighted by molar-refractivity contribution is -0.148. The number of nitrogens with zero attached hydrogens (tertiary/aromatic N) is 2. The monoisotopic (exact) mass is 700 g/mol. The fourth-order valence-electron chi connectivity index (χ4n) is 6.55. The summed E-state index contributed by atoms with van der Waals surface area (Å²) in [5.74, 6) is -4.34. The van der Waals surface area contributed by atoms with Crippen LogP contribution in [0.1, 0.15) is 68.2 Å². The summed E-state index contributed by atoms with van der Waals surface area (Å²) in [5, 5.41) is 10.2.